The molecule has 0 saturated heterocycles. The minimum atomic E-state index is -0.170. The van der Waals surface area contributed by atoms with Crippen molar-refractivity contribution >= 4 is 50.4 Å². The van der Waals surface area contributed by atoms with Gasteiger partial charge >= 0.3 is 0 Å². The van der Waals surface area contributed by atoms with E-state index in [2.05, 4.69) is 21.5 Å². The normalized spacial score (nSPS) is 12.5. The van der Waals surface area contributed by atoms with Crippen molar-refractivity contribution in [1.29, 1.82) is 0 Å². The molecule has 0 aliphatic heterocycles. The molecule has 4 aromatic rings. The summed E-state index contributed by atoms with van der Waals surface area (Å²) in [5, 5.41) is 5.03. The Kier molecular flexibility index (Phi) is 6.47. The first-order valence-corrected chi connectivity index (χ1v) is 12.5. The number of nitrogens with one attached hydrogen (secondary N) is 1. The van der Waals surface area contributed by atoms with Crippen LogP contribution in [0.25, 0.3) is 20.7 Å². The highest BCUT2D eigenvalue weighted by atomic mass is 32.2. The van der Waals surface area contributed by atoms with E-state index in [0.29, 0.717) is 27.5 Å². The first-order valence-electron chi connectivity index (χ1n) is 9.79. The van der Waals surface area contributed by atoms with Crippen LogP contribution in [0.2, 0.25) is 0 Å². The van der Waals surface area contributed by atoms with Gasteiger partial charge in [0, 0.05) is 39.9 Å². The monoisotopic (exact) mass is 473 g/mol. The molecule has 0 fully saturated rings. The molecule has 31 heavy (non-hydrogen) atoms. The summed E-state index contributed by atoms with van der Waals surface area (Å²) in [4.78, 5) is 34.8. The summed E-state index contributed by atoms with van der Waals surface area (Å²) in [7, 11) is 1.68. The van der Waals surface area contributed by atoms with E-state index in [-0.39, 0.29) is 23.1 Å². The Morgan fingerprint density at radius 3 is 2.87 bits per heavy atom. The first kappa shape index (κ1) is 22.0. The molecule has 4 rings (SSSR count). The van der Waals surface area contributed by atoms with Crippen LogP contribution in [0.5, 0.6) is 0 Å². The number of H-pyrrole nitrogens is 1. The van der Waals surface area contributed by atoms with E-state index in [9.17, 15) is 9.59 Å². The van der Waals surface area contributed by atoms with Crippen LogP contribution < -0.4 is 5.56 Å². The molecule has 0 unspecified atom stereocenters. The van der Waals surface area contributed by atoms with Gasteiger partial charge in [0.05, 0.1) is 23.8 Å². The van der Waals surface area contributed by atoms with E-state index in [0.717, 1.165) is 21.8 Å². The summed E-state index contributed by atoms with van der Waals surface area (Å²) in [5.74, 6) is 0.225. The highest BCUT2D eigenvalue weighted by Crippen LogP contribution is 2.34. The maximum atomic E-state index is 12.9. The zero-order chi connectivity index (χ0) is 22.1. The minimum absolute atomic E-state index is 0.0159. The highest BCUT2D eigenvalue weighted by molar-refractivity contribution is 7.99. The van der Waals surface area contributed by atoms with Gasteiger partial charge in [-0.15, -0.1) is 22.7 Å². The van der Waals surface area contributed by atoms with Crippen molar-refractivity contribution < 1.29 is 9.53 Å². The maximum absolute atomic E-state index is 12.9. The van der Waals surface area contributed by atoms with Gasteiger partial charge in [-0.05, 0) is 38.3 Å². The van der Waals surface area contributed by atoms with Crippen molar-refractivity contribution in [3.63, 3.8) is 0 Å². The quantitative estimate of drug-likeness (QED) is 0.213. The molecule has 0 aromatic carbocycles. The Balaban J connectivity index is 1.54. The van der Waals surface area contributed by atoms with Crippen LogP contribution in [0.15, 0.2) is 38.9 Å². The van der Waals surface area contributed by atoms with E-state index >= 15 is 0 Å². The van der Waals surface area contributed by atoms with Crippen LogP contribution in [-0.2, 0) is 4.74 Å². The summed E-state index contributed by atoms with van der Waals surface area (Å²) in [6.45, 7) is 6.61. The van der Waals surface area contributed by atoms with Crippen molar-refractivity contribution in [1.82, 2.24) is 14.5 Å². The van der Waals surface area contributed by atoms with Crippen LogP contribution in [0.3, 0.4) is 0 Å². The number of rotatable bonds is 8. The van der Waals surface area contributed by atoms with Gasteiger partial charge in [0.25, 0.3) is 5.56 Å². The molecule has 1 N–H and O–H groups in total. The number of carbonyl (C=O) groups is 1. The summed E-state index contributed by atoms with van der Waals surface area (Å²) >= 11 is 4.31. The van der Waals surface area contributed by atoms with Crippen molar-refractivity contribution in [3.8, 4) is 10.4 Å². The number of aryl methyl sites for hydroxylation is 1. The molecular formula is C22H23N3O3S3. The second-order valence-corrected chi connectivity index (χ2v) is 10.1. The van der Waals surface area contributed by atoms with Crippen molar-refractivity contribution in [2.24, 2.45) is 0 Å². The number of ether oxygens (including phenoxy) is 1. The predicted molar refractivity (Wildman–Crippen MR) is 129 cm³/mol. The number of hydrogen-bond acceptors (Lipinski definition) is 7. The van der Waals surface area contributed by atoms with Crippen molar-refractivity contribution in [2.75, 3.05) is 19.5 Å². The Labute approximate surface area is 192 Å². The van der Waals surface area contributed by atoms with Gasteiger partial charge in [0.15, 0.2) is 10.9 Å². The average molecular weight is 474 g/mol. The molecule has 4 aromatic heterocycles. The van der Waals surface area contributed by atoms with Crippen molar-refractivity contribution in [3.05, 3.63) is 56.3 Å². The number of thiophene rings is 2. The van der Waals surface area contributed by atoms with Gasteiger partial charge in [0.2, 0.25) is 0 Å². The molecule has 4 heterocycles. The Morgan fingerprint density at radius 1 is 1.35 bits per heavy atom. The minimum Gasteiger partial charge on any atom is -0.383 e. The molecule has 162 valence electrons. The maximum Gasteiger partial charge on any atom is 0.260 e. The number of fused-ring (bicyclic) bond motifs is 1. The largest absolute Gasteiger partial charge is 0.383 e. The number of aromatic amines is 1. The third-order valence-electron chi connectivity index (χ3n) is 5.18. The lowest BCUT2D eigenvalue weighted by molar-refractivity contribution is 0.102. The Bertz CT molecular complexity index is 1280. The number of ketones is 1. The molecule has 6 nitrogen and oxygen atoms in total. The van der Waals surface area contributed by atoms with Crippen LogP contribution in [0.1, 0.15) is 34.7 Å². The van der Waals surface area contributed by atoms with Crippen LogP contribution >= 0.6 is 34.4 Å². The third kappa shape index (κ3) is 4.27. The number of carbonyl (C=O) groups excluding carboxylic acids is 1. The van der Waals surface area contributed by atoms with Gasteiger partial charge in [0.1, 0.15) is 4.83 Å². The smallest absolute Gasteiger partial charge is 0.260 e. The first-order chi connectivity index (χ1) is 14.9. The van der Waals surface area contributed by atoms with E-state index in [1.165, 1.54) is 23.1 Å². The molecule has 0 radical (unpaired) electrons. The zero-order valence-electron chi connectivity index (χ0n) is 17.7. The fourth-order valence-electron chi connectivity index (χ4n) is 3.88. The standard InChI is InChI=1S/C22H23N3O3S3/c1-12-8-15(14(3)25(12)13(2)9-28-4)17(26)11-31-22-23-20(27)19-16(10-30-21(19)24-22)18-6-5-7-29-18/h5-8,10,13H,9,11H2,1-4H3,(H,23,24,27)/t13-/m1/s1. The highest BCUT2D eigenvalue weighted by Gasteiger charge is 2.20. The fraction of sp³-hybridized carbons (Fsp3) is 0.318. The zero-order valence-corrected chi connectivity index (χ0v) is 20.2. The molecule has 0 aliphatic carbocycles. The van der Waals surface area contributed by atoms with E-state index in [4.69, 9.17) is 4.74 Å². The summed E-state index contributed by atoms with van der Waals surface area (Å²) in [6.07, 6.45) is 0. The molecule has 0 saturated carbocycles. The molecule has 1 atom stereocenters. The molecule has 0 spiro atoms. The van der Waals surface area contributed by atoms with Crippen LogP contribution in [0.4, 0.5) is 0 Å². The van der Waals surface area contributed by atoms with Gasteiger partial charge in [-0.2, -0.15) is 0 Å². The SMILES string of the molecule is COC[C@@H](C)n1c(C)cc(C(=O)CSc2nc3scc(-c4cccs4)c3c(=O)[nH]2)c1C. The van der Waals surface area contributed by atoms with Gasteiger partial charge < -0.3 is 14.3 Å². The lowest BCUT2D eigenvalue weighted by atomic mass is 10.2. The van der Waals surface area contributed by atoms with Gasteiger partial charge in [-0.3, -0.25) is 9.59 Å². The molecule has 9 heteroatoms. The summed E-state index contributed by atoms with van der Waals surface area (Å²) < 4.78 is 7.39. The number of hydrogen-bond donors (Lipinski definition) is 1. The average Bonchev–Trinajstić information content (AvgIpc) is 3.45. The Morgan fingerprint density at radius 2 is 2.16 bits per heavy atom. The lowest BCUT2D eigenvalue weighted by Gasteiger charge is -2.17. The molecule has 0 amide bonds. The van der Waals surface area contributed by atoms with Gasteiger partial charge in [-0.1, -0.05) is 17.8 Å². The predicted octanol–water partition coefficient (Wildman–Crippen LogP) is 5.31. The second kappa shape index (κ2) is 9.12. The van der Waals surface area contributed by atoms with E-state index in [1.54, 1.807) is 18.4 Å². The van der Waals surface area contributed by atoms with E-state index in [1.807, 2.05) is 42.8 Å². The molecule has 0 aliphatic rings. The van der Waals surface area contributed by atoms with Crippen LogP contribution in [0, 0.1) is 13.8 Å². The number of aromatic nitrogens is 3. The topological polar surface area (TPSA) is 77.0 Å². The number of Topliss-reactive ketones (excluding diaryl/α,β-unsaturated/α-hetero) is 1. The van der Waals surface area contributed by atoms with Crippen LogP contribution in [-0.4, -0.2) is 39.8 Å². The molecular weight excluding hydrogens is 450 g/mol. The second-order valence-electron chi connectivity index (χ2n) is 7.35. The molecule has 0 bridgehead atoms. The van der Waals surface area contributed by atoms with Crippen molar-refractivity contribution in [2.45, 2.75) is 32.0 Å². The number of nitrogens with zero attached hydrogens (tertiary/aromatic N) is 2. The lowest BCUT2D eigenvalue weighted by Crippen LogP contribution is -2.15. The van der Waals surface area contributed by atoms with E-state index < -0.39 is 0 Å². The summed E-state index contributed by atoms with van der Waals surface area (Å²) in [6, 6.07) is 6.04. The number of methoxy groups -OCH3 is 1. The fourth-order valence-corrected chi connectivity index (χ4v) is 6.44. The van der Waals surface area contributed by atoms with Gasteiger partial charge in [-0.25, -0.2) is 4.98 Å². The summed E-state index contributed by atoms with van der Waals surface area (Å²) in [5.41, 5.74) is 3.41. The third-order valence-corrected chi connectivity index (χ3v) is 7.83. The Hall–Kier alpha value is -2.20. The number of thioether (sulfide) groups is 1.